The Bertz CT molecular complexity index is 1100. The van der Waals surface area contributed by atoms with E-state index in [1.165, 1.54) is 0 Å². The topological polar surface area (TPSA) is 91.8 Å². The van der Waals surface area contributed by atoms with E-state index in [4.69, 9.17) is 19.4 Å². The van der Waals surface area contributed by atoms with Crippen molar-refractivity contribution in [3.8, 4) is 17.2 Å². The van der Waals surface area contributed by atoms with Crippen LogP contribution in [0.3, 0.4) is 0 Å². The molecular formula is C27H37N5O3. The van der Waals surface area contributed by atoms with Crippen LogP contribution < -0.4 is 25.0 Å². The van der Waals surface area contributed by atoms with Crippen LogP contribution in [-0.4, -0.2) is 62.0 Å². The van der Waals surface area contributed by atoms with E-state index in [1.54, 1.807) is 14.2 Å². The maximum Gasteiger partial charge on any atom is 0.225 e. The Kier molecular flexibility index (Phi) is 8.13. The molecule has 3 aromatic rings. The van der Waals surface area contributed by atoms with Gasteiger partial charge < -0.3 is 30.1 Å². The Labute approximate surface area is 207 Å². The van der Waals surface area contributed by atoms with Crippen LogP contribution in [0, 0.1) is 0 Å². The number of phenolic OH excluding ortho intramolecular Hbond substituents is 1. The molecule has 1 heterocycles. The smallest absolute Gasteiger partial charge is 0.225 e. The number of anilines is 2. The van der Waals surface area contributed by atoms with E-state index in [9.17, 15) is 5.11 Å². The summed E-state index contributed by atoms with van der Waals surface area (Å²) in [6.07, 6.45) is 6.35. The number of benzene rings is 2. The summed E-state index contributed by atoms with van der Waals surface area (Å²) in [5.74, 6) is 2.60. The van der Waals surface area contributed by atoms with Crippen LogP contribution in [0.5, 0.6) is 17.2 Å². The molecule has 1 aliphatic carbocycles. The molecular weight excluding hydrogens is 442 g/mol. The molecule has 4 rings (SSSR count). The molecule has 0 bridgehead atoms. The normalized spacial score (nSPS) is 17.8. The van der Waals surface area contributed by atoms with Crippen LogP contribution in [0.25, 0.3) is 10.9 Å². The number of rotatable bonds is 10. The van der Waals surface area contributed by atoms with Gasteiger partial charge >= 0.3 is 0 Å². The number of hydrogen-bond acceptors (Lipinski definition) is 8. The average Bonchev–Trinajstić information content (AvgIpc) is 2.87. The summed E-state index contributed by atoms with van der Waals surface area (Å²) in [4.78, 5) is 11.6. The summed E-state index contributed by atoms with van der Waals surface area (Å²) < 4.78 is 10.5. The molecule has 8 nitrogen and oxygen atoms in total. The third-order valence-electron chi connectivity index (χ3n) is 6.68. The molecule has 1 fully saturated rings. The lowest BCUT2D eigenvalue weighted by molar-refractivity contribution is 0.338. The number of aromatic hydroxyl groups is 1. The highest BCUT2D eigenvalue weighted by molar-refractivity contribution is 5.90. The van der Waals surface area contributed by atoms with E-state index in [-0.39, 0.29) is 5.75 Å². The SMILES string of the molecule is COc1cc(CCCN[C@H]2CC[C@@H](Nc3nc(N(C)C)c4ccccc4n3)CC2)cc(OC)c1O. The van der Waals surface area contributed by atoms with Crippen molar-refractivity contribution >= 4 is 22.7 Å². The number of ether oxygens (including phenoxy) is 2. The number of aryl methyl sites for hydroxylation is 1. The number of fused-ring (bicyclic) bond motifs is 1. The van der Waals surface area contributed by atoms with Crippen molar-refractivity contribution in [3.05, 3.63) is 42.0 Å². The van der Waals surface area contributed by atoms with E-state index < -0.39 is 0 Å². The number of aromatic nitrogens is 2. The first-order valence-corrected chi connectivity index (χ1v) is 12.4. The minimum Gasteiger partial charge on any atom is -0.502 e. The molecule has 0 aliphatic heterocycles. The zero-order valence-corrected chi connectivity index (χ0v) is 21.2. The molecule has 0 radical (unpaired) electrons. The van der Waals surface area contributed by atoms with Gasteiger partial charge in [-0.3, -0.25) is 0 Å². The monoisotopic (exact) mass is 479 g/mol. The van der Waals surface area contributed by atoms with Gasteiger partial charge in [-0.1, -0.05) is 12.1 Å². The second-order valence-electron chi connectivity index (χ2n) is 9.38. The first kappa shape index (κ1) is 24.9. The Balaban J connectivity index is 1.24. The predicted molar refractivity (Wildman–Crippen MR) is 141 cm³/mol. The predicted octanol–water partition coefficient (Wildman–Crippen LogP) is 4.36. The van der Waals surface area contributed by atoms with E-state index in [2.05, 4.69) is 16.7 Å². The fourth-order valence-corrected chi connectivity index (χ4v) is 4.78. The molecule has 1 saturated carbocycles. The van der Waals surface area contributed by atoms with Gasteiger partial charge in [0.25, 0.3) is 0 Å². The lowest BCUT2D eigenvalue weighted by Crippen LogP contribution is -2.37. The quantitative estimate of drug-likeness (QED) is 0.370. The molecule has 0 saturated heterocycles. The van der Waals surface area contributed by atoms with Crippen molar-refractivity contribution in [2.45, 2.75) is 50.6 Å². The van der Waals surface area contributed by atoms with Gasteiger partial charge in [0.15, 0.2) is 11.5 Å². The van der Waals surface area contributed by atoms with Gasteiger partial charge in [-0.15, -0.1) is 0 Å². The number of nitrogens with one attached hydrogen (secondary N) is 2. The van der Waals surface area contributed by atoms with Crippen molar-refractivity contribution in [1.82, 2.24) is 15.3 Å². The fraction of sp³-hybridized carbons (Fsp3) is 0.481. The molecule has 2 aromatic carbocycles. The Morgan fingerprint density at radius 2 is 1.63 bits per heavy atom. The molecule has 1 aromatic heterocycles. The number of nitrogens with zero attached hydrogens (tertiary/aromatic N) is 3. The largest absolute Gasteiger partial charge is 0.502 e. The van der Waals surface area contributed by atoms with Crippen molar-refractivity contribution in [2.24, 2.45) is 0 Å². The lowest BCUT2D eigenvalue weighted by Gasteiger charge is -2.30. The number of para-hydroxylation sites is 1. The maximum atomic E-state index is 10.1. The molecule has 188 valence electrons. The first-order chi connectivity index (χ1) is 17.0. The van der Waals surface area contributed by atoms with Gasteiger partial charge in [-0.05, 0) is 74.9 Å². The van der Waals surface area contributed by atoms with Crippen LogP contribution in [0.15, 0.2) is 36.4 Å². The molecule has 8 heteroatoms. The first-order valence-electron chi connectivity index (χ1n) is 12.4. The highest BCUT2D eigenvalue weighted by Crippen LogP contribution is 2.37. The summed E-state index contributed by atoms with van der Waals surface area (Å²) in [6, 6.07) is 12.8. The summed E-state index contributed by atoms with van der Waals surface area (Å²) >= 11 is 0. The lowest BCUT2D eigenvalue weighted by atomic mass is 9.91. The zero-order valence-electron chi connectivity index (χ0n) is 21.2. The van der Waals surface area contributed by atoms with Crippen molar-refractivity contribution in [2.75, 3.05) is 45.1 Å². The number of methoxy groups -OCH3 is 2. The second kappa shape index (κ2) is 11.4. The molecule has 0 amide bonds. The average molecular weight is 480 g/mol. The van der Waals surface area contributed by atoms with Gasteiger partial charge in [0.05, 0.1) is 19.7 Å². The van der Waals surface area contributed by atoms with Gasteiger partial charge in [0.1, 0.15) is 5.82 Å². The van der Waals surface area contributed by atoms with E-state index in [1.807, 2.05) is 49.3 Å². The van der Waals surface area contributed by atoms with Gasteiger partial charge in [0, 0.05) is 31.6 Å². The van der Waals surface area contributed by atoms with E-state index in [0.29, 0.717) is 29.5 Å². The maximum absolute atomic E-state index is 10.1. The van der Waals surface area contributed by atoms with Crippen LogP contribution in [0.1, 0.15) is 37.7 Å². The molecule has 0 atom stereocenters. The van der Waals surface area contributed by atoms with Gasteiger partial charge in [-0.25, -0.2) is 4.98 Å². The van der Waals surface area contributed by atoms with E-state index in [0.717, 1.165) is 67.4 Å². The van der Waals surface area contributed by atoms with Crippen molar-refractivity contribution < 1.29 is 14.6 Å². The van der Waals surface area contributed by atoms with Gasteiger partial charge in [0.2, 0.25) is 11.7 Å². The Hall–Kier alpha value is -3.26. The van der Waals surface area contributed by atoms with Crippen LogP contribution in [0.2, 0.25) is 0 Å². The van der Waals surface area contributed by atoms with Crippen LogP contribution >= 0.6 is 0 Å². The van der Waals surface area contributed by atoms with Gasteiger partial charge in [-0.2, -0.15) is 4.98 Å². The summed E-state index contributed by atoms with van der Waals surface area (Å²) in [7, 11) is 7.14. The Morgan fingerprint density at radius 1 is 0.971 bits per heavy atom. The molecule has 0 unspecified atom stereocenters. The second-order valence-corrected chi connectivity index (χ2v) is 9.38. The molecule has 0 spiro atoms. The minimum atomic E-state index is 0.0503. The van der Waals surface area contributed by atoms with Crippen molar-refractivity contribution in [3.63, 3.8) is 0 Å². The number of hydrogen-bond donors (Lipinski definition) is 3. The van der Waals surface area contributed by atoms with Crippen LogP contribution in [0.4, 0.5) is 11.8 Å². The summed E-state index contributed by atoms with van der Waals surface area (Å²) in [6.45, 7) is 0.953. The third kappa shape index (κ3) is 6.06. The van der Waals surface area contributed by atoms with Crippen molar-refractivity contribution in [1.29, 1.82) is 0 Å². The highest BCUT2D eigenvalue weighted by Gasteiger charge is 2.22. The minimum absolute atomic E-state index is 0.0503. The summed E-state index contributed by atoms with van der Waals surface area (Å²) in [5, 5.41) is 18.4. The fourth-order valence-electron chi connectivity index (χ4n) is 4.78. The third-order valence-corrected chi connectivity index (χ3v) is 6.68. The molecule has 35 heavy (non-hydrogen) atoms. The molecule has 3 N–H and O–H groups in total. The molecule has 1 aliphatic rings. The van der Waals surface area contributed by atoms with E-state index >= 15 is 0 Å². The van der Waals surface area contributed by atoms with Crippen LogP contribution in [-0.2, 0) is 6.42 Å². The zero-order chi connectivity index (χ0) is 24.8. The standard InChI is InChI=1S/C27H37N5O3/c1-32(2)26-21-9-5-6-10-22(21)30-27(31-26)29-20-13-11-19(12-14-20)28-15-7-8-18-16-23(34-3)25(33)24(17-18)35-4/h5-6,9-10,16-17,19-20,28,33H,7-8,11-15H2,1-4H3,(H,29,30,31)/t19-,20+. The summed E-state index contributed by atoms with van der Waals surface area (Å²) in [5.41, 5.74) is 2.06. The Morgan fingerprint density at radius 3 is 2.29 bits per heavy atom. The highest BCUT2D eigenvalue weighted by atomic mass is 16.5. The number of phenols is 1.